The number of hydrazone groups is 1. The Bertz CT molecular complexity index is 781. The number of hydrogen-bond donors (Lipinski definition) is 2. The van der Waals surface area contributed by atoms with E-state index in [0.29, 0.717) is 17.4 Å². The van der Waals surface area contributed by atoms with Crippen molar-refractivity contribution in [1.29, 1.82) is 0 Å². The molecule has 0 saturated heterocycles. The third-order valence-electron chi connectivity index (χ3n) is 3.25. The lowest BCUT2D eigenvalue weighted by atomic mass is 10.2. The molecule has 1 heterocycles. The predicted octanol–water partition coefficient (Wildman–Crippen LogP) is 3.21. The molecule has 0 radical (unpaired) electrons. The van der Waals surface area contributed by atoms with E-state index in [2.05, 4.69) is 15.8 Å². The molecule has 2 N–H and O–H groups in total. The van der Waals surface area contributed by atoms with E-state index in [0.717, 1.165) is 11.3 Å². The number of nitrogens with zero attached hydrogens (tertiary/aromatic N) is 1. The van der Waals surface area contributed by atoms with E-state index >= 15 is 0 Å². The molecule has 8 heteroatoms. The third kappa shape index (κ3) is 3.93. The zero-order valence-electron chi connectivity index (χ0n) is 12.4. The number of thiocarbonyl (C=S) groups is 1. The number of rotatable bonds is 4. The topological polar surface area (TPSA) is 54.9 Å². The van der Waals surface area contributed by atoms with Crippen molar-refractivity contribution in [3.05, 3.63) is 58.4 Å². The molecule has 5 nitrogen and oxygen atoms in total. The van der Waals surface area contributed by atoms with Gasteiger partial charge in [0.2, 0.25) is 6.79 Å². The SMILES string of the molecule is Fc1cccc(Cl)c1/C=N\NC(=S)NCc1ccc2c(c1)OCO2. The normalized spacial score (nSPS) is 12.4. The van der Waals surface area contributed by atoms with Crippen LogP contribution in [0, 0.1) is 5.82 Å². The summed E-state index contributed by atoms with van der Waals surface area (Å²) in [5.74, 6) is 0.985. The molecular weight excluding hydrogens is 353 g/mol. The smallest absolute Gasteiger partial charge is 0.231 e. The van der Waals surface area contributed by atoms with E-state index in [1.165, 1.54) is 18.3 Å². The summed E-state index contributed by atoms with van der Waals surface area (Å²) in [6.07, 6.45) is 1.28. The van der Waals surface area contributed by atoms with Gasteiger partial charge in [-0.2, -0.15) is 5.10 Å². The second kappa shape index (κ2) is 7.46. The number of benzene rings is 2. The van der Waals surface area contributed by atoms with Crippen LogP contribution in [0.5, 0.6) is 11.5 Å². The molecule has 0 fully saturated rings. The molecule has 0 amide bonds. The number of nitrogens with one attached hydrogen (secondary N) is 2. The van der Waals surface area contributed by atoms with Gasteiger partial charge in [0.1, 0.15) is 5.82 Å². The van der Waals surface area contributed by atoms with Crippen molar-refractivity contribution in [3.63, 3.8) is 0 Å². The Hall–Kier alpha value is -2.38. The zero-order chi connectivity index (χ0) is 16.9. The van der Waals surface area contributed by atoms with Crippen molar-refractivity contribution in [2.75, 3.05) is 6.79 Å². The van der Waals surface area contributed by atoms with Crippen LogP contribution in [-0.4, -0.2) is 18.1 Å². The van der Waals surface area contributed by atoms with Crippen LogP contribution >= 0.6 is 23.8 Å². The van der Waals surface area contributed by atoms with Crippen molar-refractivity contribution in [2.24, 2.45) is 5.10 Å². The fraction of sp³-hybridized carbons (Fsp3) is 0.125. The molecule has 24 heavy (non-hydrogen) atoms. The van der Waals surface area contributed by atoms with Crippen molar-refractivity contribution >= 4 is 35.1 Å². The number of hydrogen-bond acceptors (Lipinski definition) is 4. The Labute approximate surface area is 148 Å². The Morgan fingerprint density at radius 2 is 2.12 bits per heavy atom. The molecule has 1 aliphatic heterocycles. The second-order valence-corrected chi connectivity index (χ2v) is 5.69. The van der Waals surface area contributed by atoms with Crippen molar-refractivity contribution in [3.8, 4) is 11.5 Å². The minimum Gasteiger partial charge on any atom is -0.454 e. The highest BCUT2D eigenvalue weighted by atomic mass is 35.5. The van der Waals surface area contributed by atoms with Gasteiger partial charge in [-0.25, -0.2) is 4.39 Å². The lowest BCUT2D eigenvalue weighted by Crippen LogP contribution is -2.31. The largest absolute Gasteiger partial charge is 0.454 e. The van der Waals surface area contributed by atoms with Gasteiger partial charge in [-0.05, 0) is 42.0 Å². The van der Waals surface area contributed by atoms with Gasteiger partial charge in [-0.3, -0.25) is 5.43 Å². The summed E-state index contributed by atoms with van der Waals surface area (Å²) in [6, 6.07) is 10.0. The van der Waals surface area contributed by atoms with E-state index in [4.69, 9.17) is 33.3 Å². The molecule has 2 aromatic rings. The first kappa shape index (κ1) is 16.5. The Morgan fingerprint density at radius 1 is 1.29 bits per heavy atom. The first-order valence-electron chi connectivity index (χ1n) is 7.03. The Balaban J connectivity index is 1.52. The summed E-state index contributed by atoms with van der Waals surface area (Å²) < 4.78 is 24.1. The van der Waals surface area contributed by atoms with Gasteiger partial charge in [0.25, 0.3) is 0 Å². The summed E-state index contributed by atoms with van der Waals surface area (Å²) in [6.45, 7) is 0.720. The van der Waals surface area contributed by atoms with Gasteiger partial charge in [0, 0.05) is 12.1 Å². The number of halogens is 2. The van der Waals surface area contributed by atoms with Crippen LogP contribution in [0.2, 0.25) is 5.02 Å². The van der Waals surface area contributed by atoms with Crippen molar-refractivity contribution in [1.82, 2.24) is 10.7 Å². The molecule has 0 aliphatic carbocycles. The van der Waals surface area contributed by atoms with Gasteiger partial charge in [-0.1, -0.05) is 23.7 Å². The van der Waals surface area contributed by atoms with E-state index in [1.807, 2.05) is 18.2 Å². The van der Waals surface area contributed by atoms with Crippen LogP contribution in [0.25, 0.3) is 0 Å². The third-order valence-corrected chi connectivity index (χ3v) is 3.81. The fourth-order valence-electron chi connectivity index (χ4n) is 2.06. The maximum Gasteiger partial charge on any atom is 0.231 e. The van der Waals surface area contributed by atoms with Gasteiger partial charge in [0.15, 0.2) is 16.6 Å². The van der Waals surface area contributed by atoms with Gasteiger partial charge in [0.05, 0.1) is 11.2 Å². The minimum absolute atomic E-state index is 0.199. The highest BCUT2D eigenvalue weighted by Crippen LogP contribution is 2.32. The van der Waals surface area contributed by atoms with Crippen LogP contribution in [0.3, 0.4) is 0 Å². The van der Waals surface area contributed by atoms with Crippen LogP contribution in [0.1, 0.15) is 11.1 Å². The maximum absolute atomic E-state index is 13.6. The van der Waals surface area contributed by atoms with Crippen LogP contribution in [-0.2, 0) is 6.54 Å². The van der Waals surface area contributed by atoms with E-state index in [9.17, 15) is 4.39 Å². The molecule has 0 aromatic heterocycles. The van der Waals surface area contributed by atoms with Crippen LogP contribution < -0.4 is 20.2 Å². The molecule has 2 aromatic carbocycles. The molecule has 124 valence electrons. The number of ether oxygens (including phenoxy) is 2. The molecule has 0 spiro atoms. The predicted molar refractivity (Wildman–Crippen MR) is 94.1 cm³/mol. The first-order valence-corrected chi connectivity index (χ1v) is 7.81. The maximum atomic E-state index is 13.6. The van der Waals surface area contributed by atoms with E-state index in [1.54, 1.807) is 6.07 Å². The summed E-state index contributed by atoms with van der Waals surface area (Å²) in [7, 11) is 0. The van der Waals surface area contributed by atoms with Gasteiger partial charge >= 0.3 is 0 Å². The fourth-order valence-corrected chi connectivity index (χ4v) is 2.40. The monoisotopic (exact) mass is 365 g/mol. The molecule has 0 atom stereocenters. The molecule has 0 bridgehead atoms. The Kier molecular flexibility index (Phi) is 5.12. The second-order valence-electron chi connectivity index (χ2n) is 4.88. The highest BCUT2D eigenvalue weighted by molar-refractivity contribution is 7.80. The summed E-state index contributed by atoms with van der Waals surface area (Å²) in [5.41, 5.74) is 3.79. The zero-order valence-corrected chi connectivity index (χ0v) is 14.0. The van der Waals surface area contributed by atoms with Crippen LogP contribution in [0.4, 0.5) is 4.39 Å². The summed E-state index contributed by atoms with van der Waals surface area (Å²) in [4.78, 5) is 0. The molecular formula is C16H13ClFN3O2S. The average molecular weight is 366 g/mol. The lowest BCUT2D eigenvalue weighted by molar-refractivity contribution is 0.174. The minimum atomic E-state index is -0.452. The number of fused-ring (bicyclic) bond motifs is 1. The highest BCUT2D eigenvalue weighted by Gasteiger charge is 2.13. The standard InChI is InChI=1S/C16H13ClFN3O2S/c17-12-2-1-3-13(18)11(12)8-20-21-16(24)19-7-10-4-5-14-15(6-10)23-9-22-14/h1-6,8H,7,9H2,(H2,19,21,24)/b20-8-. The first-order chi connectivity index (χ1) is 11.6. The Morgan fingerprint density at radius 3 is 2.96 bits per heavy atom. The van der Waals surface area contributed by atoms with E-state index < -0.39 is 5.82 Å². The molecule has 3 rings (SSSR count). The van der Waals surface area contributed by atoms with Gasteiger partial charge in [-0.15, -0.1) is 0 Å². The molecule has 1 aliphatic rings. The van der Waals surface area contributed by atoms with Crippen molar-refractivity contribution < 1.29 is 13.9 Å². The van der Waals surface area contributed by atoms with Crippen LogP contribution in [0.15, 0.2) is 41.5 Å². The summed E-state index contributed by atoms with van der Waals surface area (Å²) in [5, 5.41) is 7.45. The molecule has 0 unspecified atom stereocenters. The summed E-state index contributed by atoms with van der Waals surface area (Å²) >= 11 is 11.0. The average Bonchev–Trinajstić information content (AvgIpc) is 3.03. The lowest BCUT2D eigenvalue weighted by Gasteiger charge is -2.08. The van der Waals surface area contributed by atoms with Crippen molar-refractivity contribution in [2.45, 2.75) is 6.54 Å². The van der Waals surface area contributed by atoms with Gasteiger partial charge < -0.3 is 14.8 Å². The molecule has 0 saturated carbocycles. The quantitative estimate of drug-likeness (QED) is 0.495. The van der Waals surface area contributed by atoms with E-state index in [-0.39, 0.29) is 17.4 Å².